The van der Waals surface area contributed by atoms with E-state index in [1.807, 2.05) is 0 Å². The van der Waals surface area contributed by atoms with Crippen LogP contribution < -0.4 is 0 Å². The second-order valence-electron chi connectivity index (χ2n) is 6.53. The number of hydrogen-bond acceptors (Lipinski definition) is 2. The largest absolute Gasteiger partial charge is 0.352 e. The van der Waals surface area contributed by atoms with E-state index in [1.54, 1.807) is 0 Å². The van der Waals surface area contributed by atoms with Gasteiger partial charge in [-0.3, -0.25) is 0 Å². The molecule has 1 saturated heterocycles. The van der Waals surface area contributed by atoms with E-state index in [2.05, 4.69) is 6.92 Å². The molecule has 0 atom stereocenters. The van der Waals surface area contributed by atoms with E-state index >= 15 is 0 Å². The Morgan fingerprint density at radius 1 is 1.00 bits per heavy atom. The van der Waals surface area contributed by atoms with Gasteiger partial charge in [-0.15, -0.1) is 0 Å². The van der Waals surface area contributed by atoms with E-state index in [9.17, 15) is 8.78 Å². The molecule has 0 unspecified atom stereocenters. The Bertz CT molecular complexity index is 459. The number of halogens is 2. The lowest BCUT2D eigenvalue weighted by atomic mass is 10.0. The molecule has 2 nitrogen and oxygen atoms in total. The maximum absolute atomic E-state index is 13.5. The minimum Gasteiger partial charge on any atom is -0.352 e. The molecule has 0 radical (unpaired) electrons. The van der Waals surface area contributed by atoms with E-state index in [4.69, 9.17) is 9.47 Å². The van der Waals surface area contributed by atoms with Gasteiger partial charge < -0.3 is 9.47 Å². The molecule has 0 N–H and O–H groups in total. The summed E-state index contributed by atoms with van der Waals surface area (Å²) in [5.74, 6) is -0.493. The lowest BCUT2D eigenvalue weighted by Gasteiger charge is -2.29. The molecule has 23 heavy (non-hydrogen) atoms. The Morgan fingerprint density at radius 3 is 2.26 bits per heavy atom. The lowest BCUT2D eigenvalue weighted by Crippen LogP contribution is -2.32. The number of hydrogen-bond donors (Lipinski definition) is 0. The first kappa shape index (κ1) is 18.3. The van der Waals surface area contributed by atoms with E-state index < -0.39 is 11.6 Å². The van der Waals surface area contributed by atoms with Crippen LogP contribution in [0.1, 0.15) is 56.6 Å². The highest BCUT2D eigenvalue weighted by Crippen LogP contribution is 2.21. The predicted octanol–water partition coefficient (Wildman–Crippen LogP) is 5.17. The van der Waals surface area contributed by atoms with Gasteiger partial charge in [-0.25, -0.2) is 8.78 Å². The summed E-state index contributed by atoms with van der Waals surface area (Å²) in [5.41, 5.74) is 0.726. The zero-order chi connectivity index (χ0) is 16.7. The average Bonchev–Trinajstić information content (AvgIpc) is 2.55. The quantitative estimate of drug-likeness (QED) is 0.614. The summed E-state index contributed by atoms with van der Waals surface area (Å²) < 4.78 is 38.5. The third kappa shape index (κ3) is 5.85. The molecule has 130 valence electrons. The molecule has 1 aliphatic rings. The molecule has 0 amide bonds. The molecular weight excluding hydrogens is 298 g/mol. The first-order valence-corrected chi connectivity index (χ1v) is 8.78. The third-order valence-electron chi connectivity index (χ3n) is 4.51. The molecule has 0 aromatic heterocycles. The molecular formula is C19H28F2O2. The monoisotopic (exact) mass is 326 g/mol. The van der Waals surface area contributed by atoms with Crippen molar-refractivity contribution in [1.29, 1.82) is 0 Å². The molecule has 0 aliphatic carbocycles. The molecule has 1 aliphatic heterocycles. The zero-order valence-electron chi connectivity index (χ0n) is 14.2. The lowest BCUT2D eigenvalue weighted by molar-refractivity contribution is -0.203. The Kier molecular flexibility index (Phi) is 7.44. The number of benzene rings is 1. The summed E-state index contributed by atoms with van der Waals surface area (Å²) in [6.45, 7) is 5.12. The highest BCUT2D eigenvalue weighted by Gasteiger charge is 2.22. The van der Waals surface area contributed by atoms with E-state index in [1.165, 1.54) is 44.7 Å². The molecule has 4 heteroatoms. The van der Waals surface area contributed by atoms with Gasteiger partial charge in [0.1, 0.15) is 11.6 Å². The average molecular weight is 326 g/mol. The van der Waals surface area contributed by atoms with Crippen molar-refractivity contribution in [1.82, 2.24) is 0 Å². The Labute approximate surface area is 138 Å². The number of rotatable bonds is 8. The molecule has 0 bridgehead atoms. The molecule has 1 aromatic carbocycles. The fourth-order valence-corrected chi connectivity index (χ4v) is 2.90. The minimum absolute atomic E-state index is 0.0739. The highest BCUT2D eigenvalue weighted by atomic mass is 19.1. The first-order chi connectivity index (χ1) is 11.1. The highest BCUT2D eigenvalue weighted by molar-refractivity contribution is 5.25. The van der Waals surface area contributed by atoms with Crippen molar-refractivity contribution in [2.24, 2.45) is 5.92 Å². The predicted molar refractivity (Wildman–Crippen MR) is 87.4 cm³/mol. The van der Waals surface area contributed by atoms with Crippen LogP contribution in [0.25, 0.3) is 0 Å². The Hall–Kier alpha value is -1.00. The van der Waals surface area contributed by atoms with Crippen LogP contribution >= 0.6 is 0 Å². The van der Waals surface area contributed by atoms with Crippen molar-refractivity contribution in [2.45, 2.75) is 65.1 Å². The first-order valence-electron chi connectivity index (χ1n) is 8.78. The number of ether oxygens (including phenoxy) is 2. The molecule has 0 saturated carbocycles. The van der Waals surface area contributed by atoms with Crippen LogP contribution in [-0.2, 0) is 15.9 Å². The van der Waals surface area contributed by atoms with Crippen molar-refractivity contribution in [3.05, 3.63) is 34.9 Å². The Morgan fingerprint density at radius 2 is 1.65 bits per heavy atom. The third-order valence-corrected chi connectivity index (χ3v) is 4.51. The zero-order valence-corrected chi connectivity index (χ0v) is 14.2. The summed E-state index contributed by atoms with van der Waals surface area (Å²) in [4.78, 5) is 0. The second-order valence-corrected chi connectivity index (χ2v) is 6.53. The summed E-state index contributed by atoms with van der Waals surface area (Å²) in [5, 5.41) is 0. The van der Waals surface area contributed by atoms with Gasteiger partial charge in [-0.1, -0.05) is 32.6 Å². The summed E-state index contributed by atoms with van der Waals surface area (Å²) in [6.07, 6.45) is 7.14. The van der Waals surface area contributed by atoms with E-state index in [0.29, 0.717) is 24.3 Å². The molecule has 1 fully saturated rings. The van der Waals surface area contributed by atoms with Crippen molar-refractivity contribution in [3.63, 3.8) is 0 Å². The van der Waals surface area contributed by atoms with Crippen LogP contribution in [0.2, 0.25) is 0 Å². The van der Waals surface area contributed by atoms with Crippen molar-refractivity contribution < 1.29 is 18.3 Å². The second kappa shape index (κ2) is 9.33. The van der Waals surface area contributed by atoms with Gasteiger partial charge in [0, 0.05) is 17.9 Å². The topological polar surface area (TPSA) is 18.5 Å². The molecule has 1 aromatic rings. The van der Waals surface area contributed by atoms with E-state index in [0.717, 1.165) is 19.6 Å². The van der Waals surface area contributed by atoms with Gasteiger partial charge in [0.05, 0.1) is 13.2 Å². The van der Waals surface area contributed by atoms with Crippen LogP contribution in [0.3, 0.4) is 0 Å². The van der Waals surface area contributed by atoms with Gasteiger partial charge in [-0.05, 0) is 37.5 Å². The SMILES string of the molecule is CCCCCCC1COC(CCc2cc(F)c(C)c(F)c2)OC1. The van der Waals surface area contributed by atoms with Gasteiger partial charge in [-0.2, -0.15) is 0 Å². The van der Waals surface area contributed by atoms with Crippen LogP contribution in [0.4, 0.5) is 8.78 Å². The molecule has 0 spiro atoms. The van der Waals surface area contributed by atoms with Crippen LogP contribution in [-0.4, -0.2) is 19.5 Å². The van der Waals surface area contributed by atoms with Gasteiger partial charge in [0.2, 0.25) is 0 Å². The fourth-order valence-electron chi connectivity index (χ4n) is 2.90. The van der Waals surface area contributed by atoms with Gasteiger partial charge >= 0.3 is 0 Å². The van der Waals surface area contributed by atoms with Crippen molar-refractivity contribution in [3.8, 4) is 0 Å². The summed E-state index contributed by atoms with van der Waals surface area (Å²) in [7, 11) is 0. The van der Waals surface area contributed by atoms with Gasteiger partial charge in [0.15, 0.2) is 6.29 Å². The number of unbranched alkanes of at least 4 members (excludes halogenated alkanes) is 3. The van der Waals surface area contributed by atoms with Crippen LogP contribution in [0.5, 0.6) is 0 Å². The van der Waals surface area contributed by atoms with E-state index in [-0.39, 0.29) is 11.9 Å². The minimum atomic E-state index is -0.488. The molecule has 1 heterocycles. The van der Waals surface area contributed by atoms with Crippen LogP contribution in [0.15, 0.2) is 12.1 Å². The maximum Gasteiger partial charge on any atom is 0.157 e. The fraction of sp³-hybridized carbons (Fsp3) is 0.684. The van der Waals surface area contributed by atoms with Crippen molar-refractivity contribution in [2.75, 3.05) is 13.2 Å². The molecule has 2 rings (SSSR count). The van der Waals surface area contributed by atoms with Gasteiger partial charge in [0.25, 0.3) is 0 Å². The summed E-state index contributed by atoms with van der Waals surface area (Å²) in [6, 6.07) is 2.80. The number of aryl methyl sites for hydroxylation is 1. The smallest absolute Gasteiger partial charge is 0.157 e. The normalized spacial score (nSPS) is 21.6. The van der Waals surface area contributed by atoms with Crippen molar-refractivity contribution >= 4 is 0 Å². The van der Waals surface area contributed by atoms with Crippen LogP contribution in [0, 0.1) is 24.5 Å². The standard InChI is InChI=1S/C19H28F2O2/c1-3-4-5-6-7-16-12-22-19(23-13-16)9-8-15-10-17(20)14(2)18(21)11-15/h10-11,16,19H,3-9,12-13H2,1-2H3. The Balaban J connectivity index is 1.68. The maximum atomic E-state index is 13.5. The summed E-state index contributed by atoms with van der Waals surface area (Å²) >= 11 is 0.